The molecule has 6 nitrogen and oxygen atoms in total. The van der Waals surface area contributed by atoms with Gasteiger partial charge in [-0.15, -0.1) is 12.4 Å². The summed E-state index contributed by atoms with van der Waals surface area (Å²) in [5.41, 5.74) is 2.09. The van der Waals surface area contributed by atoms with Crippen LogP contribution < -0.4 is 10.6 Å². The minimum atomic E-state index is -0.0999. The molecule has 7 heteroatoms. The average molecular weight is 314 g/mol. The van der Waals surface area contributed by atoms with Crippen molar-refractivity contribution in [1.29, 1.82) is 0 Å². The number of amides is 1. The lowest BCUT2D eigenvalue weighted by Gasteiger charge is -2.11. The summed E-state index contributed by atoms with van der Waals surface area (Å²) in [6.07, 6.45) is 0. The number of hydrogen-bond acceptors (Lipinski definition) is 5. The second-order valence-corrected chi connectivity index (χ2v) is 4.67. The Morgan fingerprint density at radius 3 is 2.90 bits per heavy atom. The number of ether oxygens (including phenoxy) is 1. The molecule has 0 radical (unpaired) electrons. The first kappa shape index (κ1) is 17.4. The van der Waals surface area contributed by atoms with Crippen molar-refractivity contribution in [1.82, 2.24) is 10.3 Å². The summed E-state index contributed by atoms with van der Waals surface area (Å²) >= 11 is 0. The summed E-state index contributed by atoms with van der Waals surface area (Å²) in [6, 6.07) is 5.38. The van der Waals surface area contributed by atoms with Crippen molar-refractivity contribution in [3.8, 4) is 0 Å². The number of carbonyl (C=O) groups excluding carboxylic acids is 1. The normalized spacial score (nSPS) is 12.0. The molecule has 1 aromatic heterocycles. The van der Waals surface area contributed by atoms with Crippen LogP contribution in [-0.4, -0.2) is 31.6 Å². The number of methoxy groups -OCH3 is 1. The number of nitrogens with zero attached hydrogens (tertiary/aromatic N) is 1. The molecule has 1 amide bonds. The fourth-order valence-electron chi connectivity index (χ4n) is 1.90. The molecule has 1 aromatic carbocycles. The van der Waals surface area contributed by atoms with Crippen LogP contribution in [0.3, 0.4) is 0 Å². The van der Waals surface area contributed by atoms with Crippen molar-refractivity contribution in [2.75, 3.05) is 26.0 Å². The van der Waals surface area contributed by atoms with Gasteiger partial charge in [-0.2, -0.15) is 0 Å². The number of benzene rings is 1. The molecule has 116 valence electrons. The number of hydrogen-bond donors (Lipinski definition) is 2. The van der Waals surface area contributed by atoms with Crippen molar-refractivity contribution < 1.29 is 13.9 Å². The van der Waals surface area contributed by atoms with Crippen LogP contribution in [-0.2, 0) is 16.1 Å². The lowest BCUT2D eigenvalue weighted by Crippen LogP contribution is -2.28. The van der Waals surface area contributed by atoms with Crippen LogP contribution in [0.5, 0.6) is 0 Å². The van der Waals surface area contributed by atoms with Crippen molar-refractivity contribution in [3.63, 3.8) is 0 Å². The fourth-order valence-corrected chi connectivity index (χ4v) is 1.90. The Labute approximate surface area is 129 Å². The zero-order valence-corrected chi connectivity index (χ0v) is 13.1. The summed E-state index contributed by atoms with van der Waals surface area (Å²) in [5.74, 6) is 0.394. The Hall–Kier alpha value is -1.63. The molecule has 2 aromatic rings. The van der Waals surface area contributed by atoms with Crippen molar-refractivity contribution >= 4 is 35.1 Å². The molecular weight excluding hydrogens is 294 g/mol. The van der Waals surface area contributed by atoms with Crippen molar-refractivity contribution in [2.45, 2.75) is 13.5 Å². The van der Waals surface area contributed by atoms with Crippen LogP contribution in [0.4, 0.5) is 5.69 Å². The second-order valence-electron chi connectivity index (χ2n) is 4.67. The summed E-state index contributed by atoms with van der Waals surface area (Å²) in [4.78, 5) is 16.2. The summed E-state index contributed by atoms with van der Waals surface area (Å²) in [7, 11) is 3.41. The number of anilines is 1. The van der Waals surface area contributed by atoms with Gasteiger partial charge >= 0.3 is 0 Å². The molecule has 0 aliphatic rings. The highest BCUT2D eigenvalue weighted by atomic mass is 35.5. The molecule has 0 saturated carbocycles. The third-order valence-electron chi connectivity index (χ3n) is 2.93. The lowest BCUT2D eigenvalue weighted by molar-refractivity contribution is -0.119. The number of nitrogens with one attached hydrogen (secondary N) is 2. The van der Waals surface area contributed by atoms with Crippen LogP contribution in [0, 0.1) is 5.92 Å². The van der Waals surface area contributed by atoms with E-state index in [1.54, 1.807) is 25.3 Å². The highest BCUT2D eigenvalue weighted by molar-refractivity contribution is 5.94. The molecule has 0 saturated heterocycles. The largest absolute Gasteiger partial charge is 0.438 e. The van der Waals surface area contributed by atoms with Gasteiger partial charge in [0.1, 0.15) is 12.1 Å². The fraction of sp³-hybridized carbons (Fsp3) is 0.429. The summed E-state index contributed by atoms with van der Waals surface area (Å²) < 4.78 is 10.5. The molecule has 0 bridgehead atoms. The zero-order valence-electron chi connectivity index (χ0n) is 12.3. The molecule has 1 unspecified atom stereocenters. The number of carbonyl (C=O) groups is 1. The standard InChI is InChI=1S/C14H19N3O3.ClH/c1-9(7-15-2)14(18)16-10-4-5-12-11(6-10)17-13(20-12)8-19-3;/h4-6,9,15H,7-8H2,1-3H3,(H,16,18);1H. The number of oxazole rings is 1. The number of rotatable bonds is 6. The molecule has 0 aliphatic carbocycles. The molecule has 1 heterocycles. The van der Waals surface area contributed by atoms with Gasteiger partial charge in [0.15, 0.2) is 5.58 Å². The van der Waals surface area contributed by atoms with E-state index in [2.05, 4.69) is 15.6 Å². The van der Waals surface area contributed by atoms with Crippen LogP contribution in [0.2, 0.25) is 0 Å². The molecular formula is C14H20ClN3O3. The van der Waals surface area contributed by atoms with Crippen molar-refractivity contribution in [3.05, 3.63) is 24.1 Å². The quantitative estimate of drug-likeness (QED) is 0.855. The van der Waals surface area contributed by atoms with E-state index in [0.717, 1.165) is 0 Å². The SMILES string of the molecule is CNCC(C)C(=O)Nc1ccc2oc(COC)nc2c1.Cl. The number of halogens is 1. The van der Waals surface area contributed by atoms with Gasteiger partial charge in [0, 0.05) is 25.3 Å². The zero-order chi connectivity index (χ0) is 14.5. The maximum Gasteiger partial charge on any atom is 0.228 e. The topological polar surface area (TPSA) is 76.4 Å². The summed E-state index contributed by atoms with van der Waals surface area (Å²) in [5, 5.41) is 5.85. The first-order valence-electron chi connectivity index (χ1n) is 6.48. The smallest absolute Gasteiger partial charge is 0.228 e. The average Bonchev–Trinajstić information content (AvgIpc) is 2.81. The Morgan fingerprint density at radius 1 is 1.48 bits per heavy atom. The van der Waals surface area contributed by atoms with Crippen LogP contribution >= 0.6 is 12.4 Å². The second kappa shape index (κ2) is 7.97. The summed E-state index contributed by atoms with van der Waals surface area (Å²) in [6.45, 7) is 2.84. The maximum atomic E-state index is 11.9. The van der Waals surface area contributed by atoms with Gasteiger partial charge in [0.25, 0.3) is 0 Å². The third kappa shape index (κ3) is 4.42. The van der Waals surface area contributed by atoms with E-state index >= 15 is 0 Å². The Balaban J connectivity index is 0.00000220. The maximum absolute atomic E-state index is 11.9. The van der Waals surface area contributed by atoms with Gasteiger partial charge in [-0.3, -0.25) is 4.79 Å². The molecule has 0 fully saturated rings. The van der Waals surface area contributed by atoms with Crippen LogP contribution in [0.15, 0.2) is 22.6 Å². The lowest BCUT2D eigenvalue weighted by atomic mass is 10.1. The minimum absolute atomic E-state index is 0. The van der Waals surface area contributed by atoms with E-state index in [1.165, 1.54) is 0 Å². The van der Waals surface area contributed by atoms with E-state index in [0.29, 0.717) is 35.8 Å². The molecule has 21 heavy (non-hydrogen) atoms. The molecule has 0 spiro atoms. The van der Waals surface area contributed by atoms with E-state index < -0.39 is 0 Å². The van der Waals surface area contributed by atoms with Gasteiger partial charge < -0.3 is 19.8 Å². The van der Waals surface area contributed by atoms with E-state index in [4.69, 9.17) is 9.15 Å². The van der Waals surface area contributed by atoms with E-state index in [9.17, 15) is 4.79 Å². The Morgan fingerprint density at radius 2 is 2.24 bits per heavy atom. The molecule has 1 atom stereocenters. The Kier molecular flexibility index (Phi) is 6.61. The minimum Gasteiger partial charge on any atom is -0.438 e. The molecule has 0 aliphatic heterocycles. The van der Waals surface area contributed by atoms with Crippen LogP contribution in [0.1, 0.15) is 12.8 Å². The van der Waals surface area contributed by atoms with Gasteiger partial charge in [-0.05, 0) is 25.2 Å². The van der Waals surface area contributed by atoms with Crippen LogP contribution in [0.25, 0.3) is 11.1 Å². The Bertz CT molecular complexity index is 600. The van der Waals surface area contributed by atoms with Crippen molar-refractivity contribution in [2.24, 2.45) is 5.92 Å². The molecule has 2 N–H and O–H groups in total. The predicted molar refractivity (Wildman–Crippen MR) is 83.7 cm³/mol. The first-order valence-corrected chi connectivity index (χ1v) is 6.48. The number of aromatic nitrogens is 1. The highest BCUT2D eigenvalue weighted by Gasteiger charge is 2.13. The molecule has 2 rings (SSSR count). The highest BCUT2D eigenvalue weighted by Crippen LogP contribution is 2.20. The number of fused-ring (bicyclic) bond motifs is 1. The van der Waals surface area contributed by atoms with Gasteiger partial charge in [0.2, 0.25) is 11.8 Å². The monoisotopic (exact) mass is 313 g/mol. The third-order valence-corrected chi connectivity index (χ3v) is 2.93. The van der Waals surface area contributed by atoms with E-state index in [-0.39, 0.29) is 24.2 Å². The van der Waals surface area contributed by atoms with Gasteiger partial charge in [-0.25, -0.2) is 4.98 Å². The van der Waals surface area contributed by atoms with Gasteiger partial charge in [-0.1, -0.05) is 6.92 Å². The first-order chi connectivity index (χ1) is 9.63. The van der Waals surface area contributed by atoms with Gasteiger partial charge in [0.05, 0.1) is 0 Å². The van der Waals surface area contributed by atoms with E-state index in [1.807, 2.05) is 14.0 Å². The predicted octanol–water partition coefficient (Wildman–Crippen LogP) is 2.19.